The van der Waals surface area contributed by atoms with Crippen molar-refractivity contribution in [2.75, 3.05) is 7.05 Å². The van der Waals surface area contributed by atoms with Crippen LogP contribution in [0.15, 0.2) is 18.5 Å². The van der Waals surface area contributed by atoms with Gasteiger partial charge < -0.3 is 5.32 Å². The Kier molecular flexibility index (Phi) is 4.73. The Bertz CT molecular complexity index is 577. The summed E-state index contributed by atoms with van der Waals surface area (Å²) in [6.07, 6.45) is 4.24. The van der Waals surface area contributed by atoms with Crippen molar-refractivity contribution >= 4 is 23.1 Å². The normalized spacial score (nSPS) is 13.4. The van der Waals surface area contributed by atoms with E-state index in [1.165, 1.54) is 16.4 Å². The highest BCUT2D eigenvalue weighted by molar-refractivity contribution is 7.05. The highest BCUT2D eigenvalue weighted by Crippen LogP contribution is 2.32. The fourth-order valence-corrected chi connectivity index (χ4v) is 3.23. The van der Waals surface area contributed by atoms with Gasteiger partial charge in [0.05, 0.1) is 15.6 Å². The minimum atomic E-state index is -0.0144. The molecule has 0 amide bonds. The van der Waals surface area contributed by atoms with Gasteiger partial charge in [0, 0.05) is 23.9 Å². The van der Waals surface area contributed by atoms with Crippen LogP contribution in [0.2, 0.25) is 5.02 Å². The van der Waals surface area contributed by atoms with Crippen LogP contribution in [0.25, 0.3) is 0 Å². The van der Waals surface area contributed by atoms with Crippen molar-refractivity contribution in [2.45, 2.75) is 38.6 Å². The second kappa shape index (κ2) is 6.16. The minimum Gasteiger partial charge on any atom is -0.312 e. The summed E-state index contributed by atoms with van der Waals surface area (Å²) >= 11 is 7.65. The molecule has 0 saturated carbocycles. The molecule has 108 valence electrons. The van der Waals surface area contributed by atoms with Crippen LogP contribution in [-0.4, -0.2) is 21.6 Å². The van der Waals surface area contributed by atoms with Gasteiger partial charge in [0.1, 0.15) is 0 Å². The number of pyridine rings is 1. The molecule has 1 atom stereocenters. The van der Waals surface area contributed by atoms with Crippen LogP contribution in [0.1, 0.15) is 42.9 Å². The van der Waals surface area contributed by atoms with E-state index in [2.05, 4.69) is 40.7 Å². The quantitative estimate of drug-likeness (QED) is 0.940. The zero-order valence-electron chi connectivity index (χ0n) is 12.1. The molecule has 0 aliphatic rings. The average Bonchev–Trinajstić information content (AvgIpc) is 2.87. The zero-order valence-corrected chi connectivity index (χ0v) is 13.7. The first-order valence-corrected chi connectivity index (χ1v) is 7.67. The van der Waals surface area contributed by atoms with E-state index in [9.17, 15) is 0 Å². The van der Waals surface area contributed by atoms with Gasteiger partial charge in [0.2, 0.25) is 0 Å². The molecular formula is C14H19ClN4S. The molecule has 0 aromatic carbocycles. The number of hydrogen-bond donors (Lipinski definition) is 1. The second-order valence-corrected chi connectivity index (χ2v) is 6.94. The van der Waals surface area contributed by atoms with E-state index in [1.807, 2.05) is 13.1 Å². The molecule has 0 spiro atoms. The van der Waals surface area contributed by atoms with E-state index < -0.39 is 0 Å². The third-order valence-electron chi connectivity index (χ3n) is 3.17. The van der Waals surface area contributed by atoms with Crippen LogP contribution in [-0.2, 0) is 11.8 Å². The monoisotopic (exact) mass is 310 g/mol. The maximum atomic E-state index is 6.20. The lowest BCUT2D eigenvalue weighted by atomic mass is 9.89. The minimum absolute atomic E-state index is 0.0144. The van der Waals surface area contributed by atoms with Crippen molar-refractivity contribution in [3.05, 3.63) is 39.6 Å². The Morgan fingerprint density at radius 3 is 2.75 bits per heavy atom. The lowest BCUT2D eigenvalue weighted by Crippen LogP contribution is -2.23. The molecule has 0 radical (unpaired) electrons. The fraction of sp³-hybridized carbons (Fsp3) is 0.500. The van der Waals surface area contributed by atoms with E-state index >= 15 is 0 Å². The summed E-state index contributed by atoms with van der Waals surface area (Å²) in [5, 5.41) is 8.34. The molecule has 4 nitrogen and oxygen atoms in total. The molecule has 0 saturated heterocycles. The van der Waals surface area contributed by atoms with Gasteiger partial charge in [-0.3, -0.25) is 4.98 Å². The molecule has 2 aromatic heterocycles. The first-order valence-electron chi connectivity index (χ1n) is 6.52. The Labute approximate surface area is 128 Å². The van der Waals surface area contributed by atoms with Gasteiger partial charge in [-0.25, -0.2) is 0 Å². The first-order chi connectivity index (χ1) is 9.43. The molecule has 2 heterocycles. The molecule has 0 fully saturated rings. The van der Waals surface area contributed by atoms with Gasteiger partial charge in [0.15, 0.2) is 0 Å². The Morgan fingerprint density at radius 2 is 2.15 bits per heavy atom. The lowest BCUT2D eigenvalue weighted by Gasteiger charge is -2.21. The maximum Gasteiger partial charge on any atom is 0.0857 e. The predicted octanol–water partition coefficient (Wildman–Crippen LogP) is 3.39. The lowest BCUT2D eigenvalue weighted by molar-refractivity contribution is 0.530. The number of rotatable bonds is 4. The molecule has 0 bridgehead atoms. The van der Waals surface area contributed by atoms with Gasteiger partial charge >= 0.3 is 0 Å². The third kappa shape index (κ3) is 3.34. The molecule has 2 aromatic rings. The van der Waals surface area contributed by atoms with Crippen molar-refractivity contribution in [3.63, 3.8) is 0 Å². The molecule has 1 unspecified atom stereocenters. The number of halogens is 1. The van der Waals surface area contributed by atoms with Crippen molar-refractivity contribution < 1.29 is 0 Å². The SMILES string of the molecule is CNC(Cc1ccncc1Cl)c1snnc1C(C)(C)C. The summed E-state index contributed by atoms with van der Waals surface area (Å²) in [5.74, 6) is 0. The Hall–Kier alpha value is -1.04. The summed E-state index contributed by atoms with van der Waals surface area (Å²) in [6.45, 7) is 6.46. The van der Waals surface area contributed by atoms with Crippen molar-refractivity contribution in [3.8, 4) is 0 Å². The van der Waals surface area contributed by atoms with Crippen molar-refractivity contribution in [2.24, 2.45) is 0 Å². The molecule has 2 rings (SSSR count). The zero-order chi connectivity index (χ0) is 14.8. The predicted molar refractivity (Wildman–Crippen MR) is 83.4 cm³/mol. The molecule has 1 N–H and O–H groups in total. The highest BCUT2D eigenvalue weighted by Gasteiger charge is 2.27. The second-order valence-electron chi connectivity index (χ2n) is 5.75. The molecule has 0 aliphatic carbocycles. The van der Waals surface area contributed by atoms with E-state index in [4.69, 9.17) is 11.6 Å². The Morgan fingerprint density at radius 1 is 1.40 bits per heavy atom. The van der Waals surface area contributed by atoms with E-state index in [1.54, 1.807) is 12.4 Å². The van der Waals surface area contributed by atoms with Gasteiger partial charge in [-0.15, -0.1) is 5.10 Å². The summed E-state index contributed by atoms with van der Waals surface area (Å²) in [7, 11) is 1.95. The van der Waals surface area contributed by atoms with Crippen LogP contribution in [0, 0.1) is 0 Å². The number of nitrogens with one attached hydrogen (secondary N) is 1. The first kappa shape index (κ1) is 15.4. The number of nitrogens with zero attached hydrogens (tertiary/aromatic N) is 3. The van der Waals surface area contributed by atoms with Crippen molar-refractivity contribution in [1.29, 1.82) is 0 Å². The molecule has 6 heteroatoms. The third-order valence-corrected chi connectivity index (χ3v) is 4.35. The Balaban J connectivity index is 2.30. The smallest absolute Gasteiger partial charge is 0.0857 e. The van der Waals surface area contributed by atoms with E-state index in [-0.39, 0.29) is 11.5 Å². The van der Waals surface area contributed by atoms with Crippen LogP contribution in [0.5, 0.6) is 0 Å². The average molecular weight is 311 g/mol. The summed E-state index contributed by atoms with van der Waals surface area (Å²) in [5.41, 5.74) is 2.11. The number of likely N-dealkylation sites (N-methyl/N-ethyl adjacent to an activating group) is 1. The fourth-order valence-electron chi connectivity index (χ4n) is 2.06. The molecule has 20 heavy (non-hydrogen) atoms. The number of hydrogen-bond acceptors (Lipinski definition) is 5. The van der Waals surface area contributed by atoms with E-state index in [0.29, 0.717) is 5.02 Å². The summed E-state index contributed by atoms with van der Waals surface area (Å²) in [4.78, 5) is 5.20. The van der Waals surface area contributed by atoms with Crippen molar-refractivity contribution in [1.82, 2.24) is 19.9 Å². The van der Waals surface area contributed by atoms with Crippen LogP contribution < -0.4 is 5.32 Å². The summed E-state index contributed by atoms with van der Waals surface area (Å²) < 4.78 is 4.13. The number of aromatic nitrogens is 3. The van der Waals surface area contributed by atoms with Gasteiger partial charge in [-0.2, -0.15) is 0 Å². The summed E-state index contributed by atoms with van der Waals surface area (Å²) in [6, 6.07) is 2.11. The van der Waals surface area contributed by atoms with Crippen LogP contribution >= 0.6 is 23.1 Å². The highest BCUT2D eigenvalue weighted by atomic mass is 35.5. The standard InChI is InChI=1S/C14H19ClN4S/c1-14(2,3)13-12(20-19-18-13)11(16-4)7-9-5-6-17-8-10(9)15/h5-6,8,11,16H,7H2,1-4H3. The largest absolute Gasteiger partial charge is 0.312 e. The van der Waals surface area contributed by atoms with Gasteiger partial charge in [-0.1, -0.05) is 36.9 Å². The van der Waals surface area contributed by atoms with Gasteiger partial charge in [-0.05, 0) is 36.6 Å². The van der Waals surface area contributed by atoms with E-state index in [0.717, 1.165) is 17.7 Å². The van der Waals surface area contributed by atoms with Gasteiger partial charge in [0.25, 0.3) is 0 Å². The molecular weight excluding hydrogens is 292 g/mol. The van der Waals surface area contributed by atoms with Crippen LogP contribution in [0.4, 0.5) is 0 Å². The topological polar surface area (TPSA) is 50.7 Å². The van der Waals surface area contributed by atoms with Crippen LogP contribution in [0.3, 0.4) is 0 Å². The maximum absolute atomic E-state index is 6.20. The molecule has 0 aliphatic heterocycles.